The molecule has 7 aromatic rings. The summed E-state index contributed by atoms with van der Waals surface area (Å²) in [5, 5.41) is 8.85. The second-order valence-electron chi connectivity index (χ2n) is 16.8. The molecule has 0 amide bonds. The molecule has 3 aliphatic heterocycles. The van der Waals surface area contributed by atoms with E-state index in [-0.39, 0.29) is 5.41 Å². The Labute approximate surface area is 306 Å². The number of para-hydroxylation sites is 2. The van der Waals surface area contributed by atoms with E-state index in [2.05, 4.69) is 157 Å². The van der Waals surface area contributed by atoms with Crippen molar-refractivity contribution in [2.45, 2.75) is 37.5 Å². The SMILES string of the molecule is c1ccc2c(c1)-c1ccccc1[Si]21c2cc(N3c4ccccc4C4(c5ccccc53)C3CC5CC(C3)CC4C5)ccc2-c2c1ccc1ccccc21. The predicted octanol–water partition coefficient (Wildman–Crippen LogP) is 9.70. The Kier molecular flexibility index (Phi) is 5.36. The first-order valence-corrected chi connectivity index (χ1v) is 21.6. The van der Waals surface area contributed by atoms with E-state index in [1.807, 2.05) is 0 Å². The normalized spacial score (nSPS) is 24.0. The van der Waals surface area contributed by atoms with Gasteiger partial charge in [0.05, 0.1) is 11.4 Å². The number of hydrogen-bond acceptors (Lipinski definition) is 1. The third-order valence-corrected chi connectivity index (χ3v) is 19.8. The molecule has 0 radical (unpaired) electrons. The highest BCUT2D eigenvalue weighted by atomic mass is 28.3. The number of benzene rings is 7. The van der Waals surface area contributed by atoms with Crippen molar-refractivity contribution in [2.24, 2.45) is 23.7 Å². The highest BCUT2D eigenvalue weighted by Gasteiger charge is 2.61. The lowest BCUT2D eigenvalue weighted by atomic mass is 9.41. The van der Waals surface area contributed by atoms with Gasteiger partial charge in [-0.1, -0.05) is 127 Å². The molecule has 0 saturated heterocycles. The zero-order valence-electron chi connectivity index (χ0n) is 29.2. The molecule has 4 bridgehead atoms. The zero-order valence-corrected chi connectivity index (χ0v) is 30.2. The van der Waals surface area contributed by atoms with E-state index >= 15 is 0 Å². The maximum Gasteiger partial charge on any atom is 0.182 e. The monoisotopic (exact) mass is 681 g/mol. The molecule has 52 heavy (non-hydrogen) atoms. The Bertz CT molecular complexity index is 2560. The van der Waals surface area contributed by atoms with Gasteiger partial charge in [-0.15, -0.1) is 0 Å². The van der Waals surface area contributed by atoms with Gasteiger partial charge in [0.15, 0.2) is 8.07 Å². The summed E-state index contributed by atoms with van der Waals surface area (Å²) in [5.74, 6) is 3.33. The van der Waals surface area contributed by atoms with E-state index in [4.69, 9.17) is 0 Å². The summed E-state index contributed by atoms with van der Waals surface area (Å²) >= 11 is 0. The molecule has 4 aliphatic carbocycles. The zero-order chi connectivity index (χ0) is 33.8. The first-order valence-electron chi connectivity index (χ1n) is 19.6. The molecule has 2 heteroatoms. The Morgan fingerprint density at radius 3 is 1.71 bits per heavy atom. The topological polar surface area (TPSA) is 3.24 Å². The molecule has 0 N–H and O–H groups in total. The average molecular weight is 682 g/mol. The highest BCUT2D eigenvalue weighted by molar-refractivity contribution is 7.24. The van der Waals surface area contributed by atoms with Crippen molar-refractivity contribution in [1.82, 2.24) is 0 Å². The van der Waals surface area contributed by atoms with Crippen molar-refractivity contribution in [1.29, 1.82) is 0 Å². The lowest BCUT2D eigenvalue weighted by molar-refractivity contribution is -0.0419. The van der Waals surface area contributed by atoms with Crippen LogP contribution in [0.5, 0.6) is 0 Å². The predicted molar refractivity (Wildman–Crippen MR) is 218 cm³/mol. The molecule has 7 aromatic carbocycles. The molecule has 248 valence electrons. The van der Waals surface area contributed by atoms with Crippen molar-refractivity contribution < 1.29 is 0 Å². The van der Waals surface area contributed by atoms with Crippen LogP contribution in [0, 0.1) is 23.7 Å². The largest absolute Gasteiger partial charge is 0.310 e. The summed E-state index contributed by atoms with van der Waals surface area (Å²) in [6.07, 6.45) is 7.06. The van der Waals surface area contributed by atoms with Gasteiger partial charge in [-0.25, -0.2) is 0 Å². The average Bonchev–Trinajstić information content (AvgIpc) is 3.66. The number of rotatable bonds is 1. The lowest BCUT2D eigenvalue weighted by Gasteiger charge is -2.64. The molecule has 7 aliphatic rings. The van der Waals surface area contributed by atoms with Crippen molar-refractivity contribution >= 4 is 56.7 Å². The molecule has 1 nitrogen and oxygen atoms in total. The number of nitrogens with zero attached hydrogens (tertiary/aromatic N) is 1. The van der Waals surface area contributed by atoms with Crippen LogP contribution in [0.25, 0.3) is 33.0 Å². The van der Waals surface area contributed by atoms with Crippen LogP contribution in [-0.2, 0) is 5.41 Å². The first-order chi connectivity index (χ1) is 25.8. The van der Waals surface area contributed by atoms with Gasteiger partial charge in [0.25, 0.3) is 0 Å². The van der Waals surface area contributed by atoms with Crippen LogP contribution in [0.1, 0.15) is 43.2 Å². The van der Waals surface area contributed by atoms with E-state index in [1.165, 1.54) is 92.6 Å². The molecular weight excluding hydrogens is 643 g/mol. The molecule has 14 rings (SSSR count). The number of anilines is 3. The first kappa shape index (κ1) is 28.4. The van der Waals surface area contributed by atoms with Gasteiger partial charge in [-0.05, 0) is 145 Å². The second-order valence-corrected chi connectivity index (χ2v) is 20.5. The fourth-order valence-corrected chi connectivity index (χ4v) is 19.1. The minimum Gasteiger partial charge on any atom is -0.310 e. The Hall–Kier alpha value is -5.18. The Morgan fingerprint density at radius 1 is 0.462 bits per heavy atom. The van der Waals surface area contributed by atoms with Crippen LogP contribution in [0.2, 0.25) is 0 Å². The van der Waals surface area contributed by atoms with Crippen molar-refractivity contribution in [3.63, 3.8) is 0 Å². The van der Waals surface area contributed by atoms with Gasteiger partial charge >= 0.3 is 0 Å². The van der Waals surface area contributed by atoms with E-state index in [9.17, 15) is 0 Å². The summed E-state index contributed by atoms with van der Waals surface area (Å²) in [4.78, 5) is 2.66. The van der Waals surface area contributed by atoms with Gasteiger partial charge in [0.1, 0.15) is 0 Å². The molecule has 3 heterocycles. The van der Waals surface area contributed by atoms with E-state index in [1.54, 1.807) is 21.5 Å². The maximum atomic E-state index is 2.66. The number of hydrogen-bond donors (Lipinski definition) is 0. The van der Waals surface area contributed by atoms with Crippen LogP contribution in [0.15, 0.2) is 152 Å². The molecule has 2 spiro atoms. The van der Waals surface area contributed by atoms with Gasteiger partial charge in [0, 0.05) is 11.1 Å². The second kappa shape index (κ2) is 9.82. The van der Waals surface area contributed by atoms with Crippen molar-refractivity contribution in [2.75, 3.05) is 4.90 Å². The quantitative estimate of drug-likeness (QED) is 0.156. The fraction of sp³-hybridized carbons (Fsp3) is 0.200. The minimum absolute atomic E-state index is 0.113. The smallest absolute Gasteiger partial charge is 0.182 e. The van der Waals surface area contributed by atoms with Gasteiger partial charge in [0.2, 0.25) is 0 Å². The fourth-order valence-electron chi connectivity index (χ4n) is 13.4. The van der Waals surface area contributed by atoms with Gasteiger partial charge in [-0.2, -0.15) is 0 Å². The van der Waals surface area contributed by atoms with E-state index in [0.29, 0.717) is 0 Å². The lowest BCUT2D eigenvalue weighted by Crippen LogP contribution is -2.70. The van der Waals surface area contributed by atoms with Gasteiger partial charge in [-0.3, -0.25) is 0 Å². The van der Waals surface area contributed by atoms with E-state index < -0.39 is 8.07 Å². The maximum absolute atomic E-state index is 2.66. The third kappa shape index (κ3) is 3.21. The Morgan fingerprint density at radius 2 is 1.04 bits per heavy atom. The van der Waals surface area contributed by atoms with Crippen LogP contribution >= 0.6 is 0 Å². The summed E-state index contributed by atoms with van der Waals surface area (Å²) in [6.45, 7) is 0. The summed E-state index contributed by atoms with van der Waals surface area (Å²) in [7, 11) is -2.63. The van der Waals surface area contributed by atoms with Crippen LogP contribution in [-0.4, -0.2) is 8.07 Å². The standard InChI is InChI=1S/C50H39NSi/c1-2-12-37-33(11-1)21-24-47-49(37)40-23-22-36(30-48(40)52(47)45-19-9-3-13-38(45)39-14-4-10-20-46(39)52)51-43-17-7-5-15-41(43)50(42-16-6-8-18-44(42)51)34-26-31-25-32(28-34)29-35(50)27-31/h1-24,30-32,34-35H,25-29H2. The molecule has 0 aromatic heterocycles. The third-order valence-electron chi connectivity index (χ3n) is 14.8. The Balaban J connectivity index is 1.10. The van der Waals surface area contributed by atoms with Crippen LogP contribution < -0.4 is 25.6 Å². The van der Waals surface area contributed by atoms with Gasteiger partial charge < -0.3 is 4.90 Å². The summed E-state index contributed by atoms with van der Waals surface area (Å²) in [6, 6.07) is 59.4. The molecule has 0 unspecified atom stereocenters. The highest BCUT2D eigenvalue weighted by Crippen LogP contribution is 2.69. The van der Waals surface area contributed by atoms with Crippen LogP contribution in [0.3, 0.4) is 0 Å². The molecular formula is C50H39NSi. The molecule has 4 saturated carbocycles. The van der Waals surface area contributed by atoms with E-state index in [0.717, 1.165) is 23.7 Å². The molecule has 0 atom stereocenters. The van der Waals surface area contributed by atoms with Crippen LogP contribution in [0.4, 0.5) is 17.1 Å². The van der Waals surface area contributed by atoms with Crippen molar-refractivity contribution in [3.8, 4) is 22.3 Å². The minimum atomic E-state index is -2.63. The number of fused-ring (bicyclic) bond motifs is 14. The molecule has 4 fully saturated rings. The van der Waals surface area contributed by atoms with Crippen molar-refractivity contribution in [3.05, 3.63) is 163 Å². The summed E-state index contributed by atoms with van der Waals surface area (Å²) < 4.78 is 0. The summed E-state index contributed by atoms with van der Waals surface area (Å²) in [5.41, 5.74) is 13.1.